The van der Waals surface area contributed by atoms with Gasteiger partial charge in [0.25, 0.3) is 0 Å². The molecular weight excluding hydrogens is 252 g/mol. The Hall–Kier alpha value is -2.08. The van der Waals surface area contributed by atoms with Gasteiger partial charge in [-0.2, -0.15) is 0 Å². The van der Waals surface area contributed by atoms with Gasteiger partial charge in [0.1, 0.15) is 0 Å². The summed E-state index contributed by atoms with van der Waals surface area (Å²) in [4.78, 5) is 0. The largest absolute Gasteiger partial charge is 0.0801 e. The van der Waals surface area contributed by atoms with E-state index in [2.05, 4.69) is 60.7 Å². The lowest BCUT2D eigenvalue weighted by Crippen LogP contribution is -2.05. The molecule has 0 spiro atoms. The monoisotopic (exact) mass is 272 g/mol. The predicted molar refractivity (Wildman–Crippen MR) is 89.6 cm³/mol. The Balaban J connectivity index is 1.84. The Morgan fingerprint density at radius 3 is 2.05 bits per heavy atom. The summed E-state index contributed by atoms with van der Waals surface area (Å²) in [7, 11) is 0. The maximum atomic E-state index is 2.37. The fraction of sp³-hybridized carbons (Fsp3) is 0.238. The molecule has 0 aromatic heterocycles. The Morgan fingerprint density at radius 2 is 1.29 bits per heavy atom. The van der Waals surface area contributed by atoms with Gasteiger partial charge in [-0.1, -0.05) is 60.7 Å². The molecule has 0 radical (unpaired) electrons. The van der Waals surface area contributed by atoms with Gasteiger partial charge in [-0.3, -0.25) is 0 Å². The van der Waals surface area contributed by atoms with E-state index in [9.17, 15) is 0 Å². The third-order valence-corrected chi connectivity index (χ3v) is 4.77. The van der Waals surface area contributed by atoms with E-state index in [-0.39, 0.29) is 0 Å². The molecule has 0 amide bonds. The first kappa shape index (κ1) is 12.6. The minimum absolute atomic E-state index is 1.07. The molecule has 5 aliphatic rings. The number of allylic oxidation sites excluding steroid dienone is 3. The normalized spacial score (nSPS) is 16.2. The Bertz CT molecular complexity index is 714. The van der Waals surface area contributed by atoms with Crippen LogP contribution in [-0.2, 0) is 32.1 Å². The fourth-order valence-electron chi connectivity index (χ4n) is 3.51. The lowest BCUT2D eigenvalue weighted by molar-refractivity contribution is 0.903. The minimum Gasteiger partial charge on any atom is -0.0801 e. The fourth-order valence-corrected chi connectivity index (χ4v) is 3.51. The van der Waals surface area contributed by atoms with Crippen molar-refractivity contribution in [2.75, 3.05) is 0 Å². The molecule has 0 saturated carbocycles. The second kappa shape index (κ2) is 5.37. The average molecular weight is 272 g/mol. The zero-order valence-corrected chi connectivity index (χ0v) is 12.3. The smallest absolute Gasteiger partial charge is 0.00855 e. The standard InChI is InChI=1S/C21H20/c1-2-4-20-18-12-10-16-6-8-17(9-7-16)11-13-19(15-14-18)21(20)5-3-1/h1-4,6-9,14-15H,5,10-13H2. The highest BCUT2D eigenvalue weighted by atomic mass is 14.2. The molecule has 0 N–H and O–H groups in total. The van der Waals surface area contributed by atoms with E-state index >= 15 is 0 Å². The van der Waals surface area contributed by atoms with Crippen molar-refractivity contribution in [1.29, 1.82) is 0 Å². The summed E-state index contributed by atoms with van der Waals surface area (Å²) in [6.45, 7) is 0. The van der Waals surface area contributed by atoms with Crippen molar-refractivity contribution in [2.24, 2.45) is 0 Å². The van der Waals surface area contributed by atoms with E-state index in [0.717, 1.165) is 32.1 Å². The van der Waals surface area contributed by atoms with Crippen LogP contribution >= 0.6 is 0 Å². The van der Waals surface area contributed by atoms with Gasteiger partial charge in [0.05, 0.1) is 0 Å². The lowest BCUT2D eigenvalue weighted by Gasteiger charge is -2.17. The SMILES string of the molecule is C1=CCc2c3ccc(c2C=C1)CCc1ccc(cc1)CC3. The zero-order chi connectivity index (χ0) is 14.1. The van der Waals surface area contributed by atoms with Gasteiger partial charge in [-0.15, -0.1) is 0 Å². The molecule has 0 heteroatoms. The first-order valence-electron chi connectivity index (χ1n) is 7.95. The van der Waals surface area contributed by atoms with Crippen LogP contribution < -0.4 is 0 Å². The van der Waals surface area contributed by atoms with Crippen LogP contribution in [0.3, 0.4) is 0 Å². The van der Waals surface area contributed by atoms with Crippen molar-refractivity contribution < 1.29 is 0 Å². The van der Waals surface area contributed by atoms with Crippen LogP contribution in [0.1, 0.15) is 33.4 Å². The Morgan fingerprint density at radius 1 is 0.619 bits per heavy atom. The summed E-state index contributed by atoms with van der Waals surface area (Å²) in [6, 6.07) is 14.0. The quantitative estimate of drug-likeness (QED) is 0.652. The first-order chi connectivity index (χ1) is 10.4. The molecule has 21 heavy (non-hydrogen) atoms. The summed E-state index contributed by atoms with van der Waals surface area (Å²) >= 11 is 0. The molecule has 4 bridgehead atoms. The van der Waals surface area contributed by atoms with Gasteiger partial charge < -0.3 is 0 Å². The van der Waals surface area contributed by atoms with E-state index in [1.165, 1.54) is 27.8 Å². The maximum absolute atomic E-state index is 2.37. The number of hydrogen-bond donors (Lipinski definition) is 0. The number of rotatable bonds is 0. The first-order valence-corrected chi connectivity index (χ1v) is 7.95. The predicted octanol–water partition coefficient (Wildman–Crippen LogP) is 4.70. The van der Waals surface area contributed by atoms with Crippen molar-refractivity contribution in [1.82, 2.24) is 0 Å². The van der Waals surface area contributed by atoms with E-state index in [1.54, 1.807) is 5.56 Å². The van der Waals surface area contributed by atoms with Crippen LogP contribution in [0.5, 0.6) is 0 Å². The van der Waals surface area contributed by atoms with E-state index in [1.807, 2.05) is 0 Å². The average Bonchev–Trinajstić information content (AvgIpc) is 2.76. The summed E-state index contributed by atoms with van der Waals surface area (Å²) in [5, 5.41) is 0. The molecule has 0 fully saturated rings. The van der Waals surface area contributed by atoms with Crippen molar-refractivity contribution in [3.8, 4) is 0 Å². The maximum Gasteiger partial charge on any atom is -0.00855 e. The number of hydrogen-bond acceptors (Lipinski definition) is 0. The molecule has 0 nitrogen and oxygen atoms in total. The highest BCUT2D eigenvalue weighted by Crippen LogP contribution is 2.27. The van der Waals surface area contributed by atoms with Crippen LogP contribution in [0, 0.1) is 0 Å². The van der Waals surface area contributed by atoms with Crippen LogP contribution in [0.15, 0.2) is 54.6 Å². The molecule has 0 unspecified atom stereocenters. The molecule has 2 aromatic rings. The van der Waals surface area contributed by atoms with Gasteiger partial charge in [-0.25, -0.2) is 0 Å². The van der Waals surface area contributed by atoms with Gasteiger partial charge >= 0.3 is 0 Å². The van der Waals surface area contributed by atoms with Crippen LogP contribution in [0.25, 0.3) is 6.08 Å². The molecule has 5 aliphatic carbocycles. The molecule has 0 atom stereocenters. The molecule has 2 aromatic carbocycles. The van der Waals surface area contributed by atoms with Crippen molar-refractivity contribution in [3.05, 3.63) is 88.0 Å². The number of aryl methyl sites for hydroxylation is 4. The van der Waals surface area contributed by atoms with Crippen molar-refractivity contribution in [3.63, 3.8) is 0 Å². The summed E-state index contributed by atoms with van der Waals surface area (Å²) in [5.74, 6) is 0. The van der Waals surface area contributed by atoms with Crippen LogP contribution in [0.4, 0.5) is 0 Å². The Labute approximate surface area is 126 Å². The van der Waals surface area contributed by atoms with Crippen molar-refractivity contribution >= 4 is 6.08 Å². The van der Waals surface area contributed by atoms with E-state index < -0.39 is 0 Å². The summed E-state index contributed by atoms with van der Waals surface area (Å²) in [6.07, 6.45) is 14.6. The van der Waals surface area contributed by atoms with Gasteiger partial charge in [0, 0.05) is 0 Å². The van der Waals surface area contributed by atoms with E-state index in [4.69, 9.17) is 0 Å². The van der Waals surface area contributed by atoms with Gasteiger partial charge in [0.15, 0.2) is 0 Å². The highest BCUT2D eigenvalue weighted by Gasteiger charge is 2.13. The van der Waals surface area contributed by atoms with E-state index in [0.29, 0.717) is 0 Å². The van der Waals surface area contributed by atoms with Crippen molar-refractivity contribution in [2.45, 2.75) is 32.1 Å². The summed E-state index contributed by atoms with van der Waals surface area (Å²) < 4.78 is 0. The molecule has 104 valence electrons. The third kappa shape index (κ3) is 2.47. The summed E-state index contributed by atoms with van der Waals surface area (Å²) in [5.41, 5.74) is 8.96. The molecule has 0 saturated heterocycles. The second-order valence-corrected chi connectivity index (χ2v) is 6.08. The Kier molecular flexibility index (Phi) is 3.23. The zero-order valence-electron chi connectivity index (χ0n) is 12.3. The molecular formula is C21H20. The molecule has 0 heterocycles. The van der Waals surface area contributed by atoms with Gasteiger partial charge in [0.2, 0.25) is 0 Å². The lowest BCUT2D eigenvalue weighted by atomic mass is 9.88. The topological polar surface area (TPSA) is 0 Å². The highest BCUT2D eigenvalue weighted by molar-refractivity contribution is 5.63. The molecule has 7 rings (SSSR count). The number of benzene rings is 2. The second-order valence-electron chi connectivity index (χ2n) is 6.08. The third-order valence-electron chi connectivity index (χ3n) is 4.77. The van der Waals surface area contributed by atoms with Gasteiger partial charge in [-0.05, 0) is 65.5 Å². The molecule has 0 aliphatic heterocycles. The minimum atomic E-state index is 1.07. The van der Waals surface area contributed by atoms with Crippen LogP contribution in [-0.4, -0.2) is 0 Å². The van der Waals surface area contributed by atoms with Crippen LogP contribution in [0.2, 0.25) is 0 Å².